The van der Waals surface area contributed by atoms with E-state index in [9.17, 15) is 9.18 Å². The lowest BCUT2D eigenvalue weighted by molar-refractivity contribution is 0.0786. The Hall–Kier alpha value is -1.13. The Bertz CT molecular complexity index is 425. The number of benzene rings is 1. The lowest BCUT2D eigenvalue weighted by Crippen LogP contribution is -2.32. The number of nitrogens with two attached hydrogens (primary N) is 1. The summed E-state index contributed by atoms with van der Waals surface area (Å²) in [5.41, 5.74) is 6.75. The van der Waals surface area contributed by atoms with Crippen LogP contribution in [0, 0.1) is 12.7 Å². The molecule has 1 saturated heterocycles. The highest BCUT2D eigenvalue weighted by atomic mass is 35.5. The molecule has 0 unspecified atom stereocenters. The first-order valence-corrected chi connectivity index (χ1v) is 5.39. The van der Waals surface area contributed by atoms with Gasteiger partial charge in [-0.1, -0.05) is 11.6 Å². The number of amides is 1. The number of carbonyl (C=O) groups is 1. The van der Waals surface area contributed by atoms with E-state index in [-0.39, 0.29) is 29.9 Å². The maximum atomic E-state index is 13.5. The first kappa shape index (κ1) is 13.9. The van der Waals surface area contributed by atoms with E-state index in [2.05, 4.69) is 0 Å². The summed E-state index contributed by atoms with van der Waals surface area (Å²) in [7, 11) is 0. The van der Waals surface area contributed by atoms with Crippen LogP contribution in [0.2, 0.25) is 0 Å². The first-order chi connectivity index (χ1) is 7.58. The largest absolute Gasteiger partial charge is 0.337 e. The van der Waals surface area contributed by atoms with Crippen molar-refractivity contribution in [2.45, 2.75) is 19.4 Å². The minimum Gasteiger partial charge on any atom is -0.337 e. The average Bonchev–Trinajstić information content (AvgIpc) is 2.67. The second-order valence-corrected chi connectivity index (χ2v) is 4.28. The van der Waals surface area contributed by atoms with Crippen LogP contribution in [0.4, 0.5) is 4.39 Å². The Morgan fingerprint density at radius 3 is 2.82 bits per heavy atom. The van der Waals surface area contributed by atoms with Crippen molar-refractivity contribution in [2.24, 2.45) is 5.73 Å². The average molecular weight is 259 g/mol. The number of nitrogens with zero attached hydrogens (tertiary/aromatic N) is 1. The summed E-state index contributed by atoms with van der Waals surface area (Å²) in [6.07, 6.45) is 0.791. The van der Waals surface area contributed by atoms with Crippen LogP contribution in [0.1, 0.15) is 22.3 Å². The van der Waals surface area contributed by atoms with Gasteiger partial charge in [-0.2, -0.15) is 0 Å². The normalized spacial score (nSPS) is 19.0. The summed E-state index contributed by atoms with van der Waals surface area (Å²) < 4.78 is 13.5. The van der Waals surface area contributed by atoms with Crippen LogP contribution in [0.5, 0.6) is 0 Å². The van der Waals surface area contributed by atoms with E-state index in [0.717, 1.165) is 12.0 Å². The van der Waals surface area contributed by atoms with Crippen molar-refractivity contribution in [3.63, 3.8) is 0 Å². The molecule has 3 nitrogen and oxygen atoms in total. The monoisotopic (exact) mass is 258 g/mol. The molecule has 0 saturated carbocycles. The van der Waals surface area contributed by atoms with Crippen LogP contribution < -0.4 is 5.73 Å². The van der Waals surface area contributed by atoms with Gasteiger partial charge in [-0.05, 0) is 25.5 Å². The zero-order chi connectivity index (χ0) is 11.7. The molecule has 2 rings (SSSR count). The molecule has 0 radical (unpaired) electrons. The van der Waals surface area contributed by atoms with Crippen LogP contribution in [-0.4, -0.2) is 29.9 Å². The van der Waals surface area contributed by atoms with Crippen LogP contribution in [0.15, 0.2) is 18.2 Å². The third kappa shape index (κ3) is 2.96. The molecule has 0 spiro atoms. The van der Waals surface area contributed by atoms with Gasteiger partial charge >= 0.3 is 0 Å². The van der Waals surface area contributed by atoms with Gasteiger partial charge in [0.15, 0.2) is 0 Å². The molecule has 1 heterocycles. The van der Waals surface area contributed by atoms with Gasteiger partial charge in [-0.3, -0.25) is 4.79 Å². The molecule has 5 heteroatoms. The van der Waals surface area contributed by atoms with Gasteiger partial charge in [-0.15, -0.1) is 12.4 Å². The fraction of sp³-hybridized carbons (Fsp3) is 0.417. The van der Waals surface area contributed by atoms with E-state index < -0.39 is 5.82 Å². The van der Waals surface area contributed by atoms with Gasteiger partial charge in [-0.25, -0.2) is 4.39 Å². The van der Waals surface area contributed by atoms with Crippen LogP contribution in [0.25, 0.3) is 0 Å². The predicted octanol–water partition coefficient (Wildman–Crippen LogP) is 1.73. The van der Waals surface area contributed by atoms with Crippen molar-refractivity contribution in [1.82, 2.24) is 4.90 Å². The number of halogens is 2. The maximum Gasteiger partial charge on any atom is 0.256 e. The third-order valence-electron chi connectivity index (χ3n) is 2.86. The SMILES string of the molecule is Cc1ccc(F)c(C(=O)N2CC[C@H](N)C2)c1.Cl. The van der Waals surface area contributed by atoms with Crippen LogP contribution in [0.3, 0.4) is 0 Å². The van der Waals surface area contributed by atoms with Gasteiger partial charge in [0.1, 0.15) is 5.82 Å². The van der Waals surface area contributed by atoms with E-state index in [0.29, 0.717) is 13.1 Å². The van der Waals surface area contributed by atoms with Gasteiger partial charge in [0.25, 0.3) is 5.91 Å². The standard InChI is InChI=1S/C12H15FN2O.ClH/c1-8-2-3-11(13)10(6-8)12(16)15-5-4-9(14)7-15;/h2-3,6,9H,4-5,7,14H2,1H3;1H/t9-;/m0./s1. The zero-order valence-corrected chi connectivity index (χ0v) is 10.5. The van der Waals surface area contributed by atoms with Gasteiger partial charge < -0.3 is 10.6 Å². The highest BCUT2D eigenvalue weighted by Crippen LogP contribution is 2.16. The molecule has 1 atom stereocenters. The predicted molar refractivity (Wildman–Crippen MR) is 66.9 cm³/mol. The molecule has 1 fully saturated rings. The highest BCUT2D eigenvalue weighted by molar-refractivity contribution is 5.94. The smallest absolute Gasteiger partial charge is 0.256 e. The van der Waals surface area contributed by atoms with Crippen molar-refractivity contribution in [3.05, 3.63) is 35.1 Å². The molecule has 1 aromatic carbocycles. The molecule has 1 aromatic rings. The number of aryl methyl sites for hydroxylation is 1. The molecule has 2 N–H and O–H groups in total. The van der Waals surface area contributed by atoms with Crippen LogP contribution in [-0.2, 0) is 0 Å². The maximum absolute atomic E-state index is 13.5. The van der Waals surface area contributed by atoms with Crippen LogP contribution >= 0.6 is 12.4 Å². The minimum atomic E-state index is -0.462. The molecule has 17 heavy (non-hydrogen) atoms. The number of carbonyl (C=O) groups excluding carboxylic acids is 1. The summed E-state index contributed by atoms with van der Waals surface area (Å²) in [4.78, 5) is 13.6. The minimum absolute atomic E-state index is 0. The molecular formula is C12H16ClFN2O. The summed E-state index contributed by atoms with van der Waals surface area (Å²) >= 11 is 0. The second-order valence-electron chi connectivity index (χ2n) is 4.28. The molecule has 1 aliphatic heterocycles. The van der Waals surface area contributed by atoms with Gasteiger partial charge in [0.05, 0.1) is 5.56 Å². The van der Waals surface area contributed by atoms with E-state index in [1.807, 2.05) is 6.92 Å². The fourth-order valence-corrected chi connectivity index (χ4v) is 1.95. The molecule has 1 amide bonds. The number of hydrogen-bond acceptors (Lipinski definition) is 2. The molecule has 1 aliphatic rings. The summed E-state index contributed by atoms with van der Waals surface area (Å²) in [6, 6.07) is 4.60. The lowest BCUT2D eigenvalue weighted by atomic mass is 10.1. The van der Waals surface area contributed by atoms with Crippen molar-refractivity contribution in [2.75, 3.05) is 13.1 Å². The van der Waals surface area contributed by atoms with E-state index in [1.165, 1.54) is 6.07 Å². The van der Waals surface area contributed by atoms with E-state index in [1.54, 1.807) is 17.0 Å². The number of rotatable bonds is 1. The molecule has 0 aromatic heterocycles. The number of likely N-dealkylation sites (tertiary alicyclic amines) is 1. The van der Waals surface area contributed by atoms with Gasteiger partial charge in [0, 0.05) is 19.1 Å². The van der Waals surface area contributed by atoms with Gasteiger partial charge in [0.2, 0.25) is 0 Å². The van der Waals surface area contributed by atoms with Crippen molar-refractivity contribution in [1.29, 1.82) is 0 Å². The Labute approximate surface area is 106 Å². The first-order valence-electron chi connectivity index (χ1n) is 5.39. The molecular weight excluding hydrogens is 243 g/mol. The topological polar surface area (TPSA) is 46.3 Å². The van der Waals surface area contributed by atoms with Crippen molar-refractivity contribution in [3.8, 4) is 0 Å². The quantitative estimate of drug-likeness (QED) is 0.834. The molecule has 0 aliphatic carbocycles. The van der Waals surface area contributed by atoms with E-state index in [4.69, 9.17) is 5.73 Å². The Morgan fingerprint density at radius 1 is 1.53 bits per heavy atom. The number of hydrogen-bond donors (Lipinski definition) is 1. The van der Waals surface area contributed by atoms with Crippen molar-refractivity contribution >= 4 is 18.3 Å². The fourth-order valence-electron chi connectivity index (χ4n) is 1.95. The Balaban J connectivity index is 0.00000144. The Kier molecular flexibility index (Phi) is 4.48. The second kappa shape index (κ2) is 5.47. The molecule has 94 valence electrons. The van der Waals surface area contributed by atoms with Crippen molar-refractivity contribution < 1.29 is 9.18 Å². The Morgan fingerprint density at radius 2 is 2.24 bits per heavy atom. The van der Waals surface area contributed by atoms with E-state index >= 15 is 0 Å². The summed E-state index contributed by atoms with van der Waals surface area (Å²) in [5.74, 6) is -0.717. The summed E-state index contributed by atoms with van der Waals surface area (Å²) in [6.45, 7) is 2.98. The summed E-state index contributed by atoms with van der Waals surface area (Å²) in [5, 5.41) is 0. The molecule has 0 bridgehead atoms. The highest BCUT2D eigenvalue weighted by Gasteiger charge is 2.26. The zero-order valence-electron chi connectivity index (χ0n) is 9.65. The third-order valence-corrected chi connectivity index (χ3v) is 2.86. The lowest BCUT2D eigenvalue weighted by Gasteiger charge is -2.16.